The Morgan fingerprint density at radius 2 is 1.50 bits per heavy atom. The van der Waals surface area contributed by atoms with Crippen molar-refractivity contribution in [3.63, 3.8) is 0 Å². The Morgan fingerprint density at radius 3 is 1.96 bits per heavy atom. The van der Waals surface area contributed by atoms with E-state index in [1.807, 2.05) is 0 Å². The van der Waals surface area contributed by atoms with Crippen LogP contribution >= 0.6 is 0 Å². The van der Waals surface area contributed by atoms with Gasteiger partial charge in [0.05, 0.1) is 0 Å². The molecule has 0 aromatic heterocycles. The first-order valence-electron chi connectivity index (χ1n) is 7.31. The van der Waals surface area contributed by atoms with Crippen molar-refractivity contribution in [2.24, 2.45) is 5.92 Å². The second kappa shape index (κ2) is 11.7. The van der Waals surface area contributed by atoms with E-state index in [1.165, 1.54) is 48.5 Å². The number of carboxylic acid groups (broad SMARTS) is 2. The summed E-state index contributed by atoms with van der Waals surface area (Å²) < 4.78 is 13.0. The second-order valence-electron chi connectivity index (χ2n) is 5.53. The van der Waals surface area contributed by atoms with Gasteiger partial charge in [0, 0.05) is 17.9 Å². The number of rotatable bonds is 7. The van der Waals surface area contributed by atoms with Crippen LogP contribution < -0.4 is 69.3 Å². The van der Waals surface area contributed by atoms with Crippen LogP contribution in [0.5, 0.6) is 5.75 Å². The summed E-state index contributed by atoms with van der Waals surface area (Å²) in [6.07, 6.45) is -0.522. The van der Waals surface area contributed by atoms with E-state index in [4.69, 9.17) is 0 Å². The summed E-state index contributed by atoms with van der Waals surface area (Å²) >= 11 is 0. The van der Waals surface area contributed by atoms with Crippen molar-refractivity contribution in [3.05, 3.63) is 65.5 Å². The summed E-state index contributed by atoms with van der Waals surface area (Å²) in [5.74, 6) is -5.45. The van der Waals surface area contributed by atoms with Gasteiger partial charge < -0.3 is 24.9 Å². The van der Waals surface area contributed by atoms with E-state index < -0.39 is 36.0 Å². The van der Waals surface area contributed by atoms with Crippen molar-refractivity contribution in [2.45, 2.75) is 18.8 Å². The molecule has 2 rings (SSSR count). The molecular formula is C18H15FNa2O5. The number of aliphatic carboxylic acids is 2. The quantitative estimate of drug-likeness (QED) is 0.486. The maximum atomic E-state index is 13.0. The van der Waals surface area contributed by atoms with Gasteiger partial charge in [-0.25, -0.2) is 4.39 Å². The molecule has 5 nitrogen and oxygen atoms in total. The minimum Gasteiger partial charge on any atom is -0.550 e. The molecule has 0 aliphatic heterocycles. The summed E-state index contributed by atoms with van der Waals surface area (Å²) in [7, 11) is 0. The van der Waals surface area contributed by atoms with E-state index >= 15 is 0 Å². The first kappa shape index (κ1) is 25.1. The molecule has 2 atom stereocenters. The van der Waals surface area contributed by atoms with Crippen LogP contribution in [0.1, 0.15) is 23.5 Å². The molecule has 0 heterocycles. The Balaban J connectivity index is 0.00000312. The van der Waals surface area contributed by atoms with E-state index in [2.05, 4.69) is 0 Å². The van der Waals surface area contributed by atoms with Gasteiger partial charge in [0.1, 0.15) is 11.6 Å². The van der Waals surface area contributed by atoms with E-state index in [1.54, 1.807) is 0 Å². The fraction of sp³-hybridized carbons (Fsp3) is 0.222. The van der Waals surface area contributed by atoms with Crippen molar-refractivity contribution >= 4 is 11.9 Å². The molecule has 26 heavy (non-hydrogen) atoms. The second-order valence-corrected chi connectivity index (χ2v) is 5.53. The molecule has 8 heteroatoms. The van der Waals surface area contributed by atoms with Crippen LogP contribution in [0.25, 0.3) is 0 Å². The molecule has 0 radical (unpaired) electrons. The van der Waals surface area contributed by atoms with Gasteiger partial charge in [-0.3, -0.25) is 0 Å². The smallest absolute Gasteiger partial charge is 0.550 e. The van der Waals surface area contributed by atoms with Gasteiger partial charge in [0.25, 0.3) is 0 Å². The summed E-state index contributed by atoms with van der Waals surface area (Å²) in [4.78, 5) is 22.4. The fourth-order valence-electron chi connectivity index (χ4n) is 2.66. The number of phenolic OH excluding ortho intramolecular Hbond substituents is 1. The van der Waals surface area contributed by atoms with Crippen LogP contribution in [0.15, 0.2) is 48.5 Å². The average molecular weight is 376 g/mol. The van der Waals surface area contributed by atoms with Crippen LogP contribution in [-0.4, -0.2) is 17.0 Å². The molecule has 0 spiro atoms. The van der Waals surface area contributed by atoms with Gasteiger partial charge in [-0.05, 0) is 54.2 Å². The maximum absolute atomic E-state index is 13.0. The zero-order chi connectivity index (χ0) is 17.7. The van der Waals surface area contributed by atoms with Crippen LogP contribution in [0.2, 0.25) is 0 Å². The molecule has 0 aliphatic rings. The van der Waals surface area contributed by atoms with Crippen molar-refractivity contribution < 1.29 is 88.4 Å². The van der Waals surface area contributed by atoms with Gasteiger partial charge in [0.15, 0.2) is 0 Å². The standard InChI is InChI=1S/C18H17FO5.2Na/c19-13-5-1-11(2-6-13)9-15(12-3-7-14(20)8-4-12)16(18(23)24)10-17(21)22;;/h1-8,15-16,20H,9-10H2,(H,21,22)(H,23,24);;/q;2*+1/p-2. The molecule has 2 aromatic rings. The Bertz CT molecular complexity index is 719. The average Bonchev–Trinajstić information content (AvgIpc) is 2.53. The molecule has 0 bridgehead atoms. The topological polar surface area (TPSA) is 100 Å². The summed E-state index contributed by atoms with van der Waals surface area (Å²) in [5, 5.41) is 31.7. The molecule has 0 aliphatic carbocycles. The number of hydrogen-bond acceptors (Lipinski definition) is 5. The normalized spacial score (nSPS) is 12.2. The molecule has 2 unspecified atom stereocenters. The third kappa shape index (κ3) is 7.39. The SMILES string of the molecule is O=C([O-])CC(C(=O)[O-])C(Cc1ccc(F)cc1)c1ccc(O)cc1.[Na+].[Na+]. The summed E-state index contributed by atoms with van der Waals surface area (Å²) in [5.41, 5.74) is 1.19. The predicted octanol–water partition coefficient (Wildman–Crippen LogP) is -5.63. The van der Waals surface area contributed by atoms with Crippen LogP contribution in [0, 0.1) is 11.7 Å². The number of carboxylic acids is 2. The Labute approximate surface area is 194 Å². The minimum atomic E-state index is -1.50. The van der Waals surface area contributed by atoms with Gasteiger partial charge in [-0.1, -0.05) is 24.3 Å². The third-order valence-electron chi connectivity index (χ3n) is 3.87. The number of hydrogen-bond donors (Lipinski definition) is 1. The van der Waals surface area contributed by atoms with Crippen LogP contribution in [0.4, 0.5) is 4.39 Å². The van der Waals surface area contributed by atoms with Gasteiger partial charge in [-0.15, -0.1) is 0 Å². The number of halogens is 1. The maximum Gasteiger partial charge on any atom is 1.00 e. The van der Waals surface area contributed by atoms with E-state index in [9.17, 15) is 29.3 Å². The molecule has 1 N–H and O–H groups in total. The van der Waals surface area contributed by atoms with E-state index in [0.29, 0.717) is 11.1 Å². The van der Waals surface area contributed by atoms with Crippen molar-refractivity contribution in [2.75, 3.05) is 0 Å². The molecule has 0 fully saturated rings. The zero-order valence-corrected chi connectivity index (χ0v) is 18.6. The van der Waals surface area contributed by atoms with Crippen molar-refractivity contribution in [1.29, 1.82) is 0 Å². The third-order valence-corrected chi connectivity index (χ3v) is 3.87. The van der Waals surface area contributed by atoms with Crippen LogP contribution in [0.3, 0.4) is 0 Å². The summed E-state index contributed by atoms with van der Waals surface area (Å²) in [6, 6.07) is 11.3. The molecule has 2 aromatic carbocycles. The van der Waals surface area contributed by atoms with Gasteiger partial charge in [-0.2, -0.15) is 0 Å². The molecule has 126 valence electrons. The number of aromatic hydroxyl groups is 1. The van der Waals surface area contributed by atoms with Crippen molar-refractivity contribution in [1.82, 2.24) is 0 Å². The molecular weight excluding hydrogens is 361 g/mol. The largest absolute Gasteiger partial charge is 1.00 e. The minimum absolute atomic E-state index is 0. The summed E-state index contributed by atoms with van der Waals surface area (Å²) in [6.45, 7) is 0. The first-order valence-corrected chi connectivity index (χ1v) is 7.31. The monoisotopic (exact) mass is 376 g/mol. The predicted molar refractivity (Wildman–Crippen MR) is 79.1 cm³/mol. The fourth-order valence-corrected chi connectivity index (χ4v) is 2.66. The Morgan fingerprint density at radius 1 is 0.962 bits per heavy atom. The van der Waals surface area contributed by atoms with E-state index in [-0.39, 0.29) is 71.3 Å². The molecule has 0 amide bonds. The van der Waals surface area contributed by atoms with Gasteiger partial charge in [0.2, 0.25) is 0 Å². The molecule has 0 saturated carbocycles. The van der Waals surface area contributed by atoms with E-state index in [0.717, 1.165) is 0 Å². The number of carbonyl (C=O) groups is 2. The number of benzene rings is 2. The molecule has 0 saturated heterocycles. The first-order chi connectivity index (χ1) is 11.4. The van der Waals surface area contributed by atoms with Gasteiger partial charge >= 0.3 is 59.1 Å². The Hall–Kier alpha value is -0.890. The zero-order valence-electron chi connectivity index (χ0n) is 14.6. The number of phenols is 1. The Kier molecular flexibility index (Phi) is 11.3. The number of carbonyl (C=O) groups excluding carboxylic acids is 2. The van der Waals surface area contributed by atoms with Crippen LogP contribution in [-0.2, 0) is 16.0 Å². The van der Waals surface area contributed by atoms with Crippen molar-refractivity contribution in [3.8, 4) is 5.75 Å².